The molecule has 1 fully saturated rings. The molecule has 0 unspecified atom stereocenters. The van der Waals surface area contributed by atoms with Gasteiger partial charge < -0.3 is 0 Å². The SMILES string of the molecule is Cc1cc(Cl)nc(CN(CC(C)C)C2CCCC2)n1. The van der Waals surface area contributed by atoms with Gasteiger partial charge in [0.2, 0.25) is 0 Å². The number of halogens is 1. The van der Waals surface area contributed by atoms with E-state index in [2.05, 4.69) is 28.7 Å². The van der Waals surface area contributed by atoms with Crippen LogP contribution in [0.5, 0.6) is 0 Å². The smallest absolute Gasteiger partial charge is 0.144 e. The highest BCUT2D eigenvalue weighted by Crippen LogP contribution is 2.25. The highest BCUT2D eigenvalue weighted by molar-refractivity contribution is 6.29. The fraction of sp³-hybridized carbons (Fsp3) is 0.733. The molecule has 1 aliphatic rings. The zero-order chi connectivity index (χ0) is 13.8. The summed E-state index contributed by atoms with van der Waals surface area (Å²) in [5.41, 5.74) is 0.950. The average Bonchev–Trinajstić information content (AvgIpc) is 2.79. The number of nitrogens with zero attached hydrogens (tertiary/aromatic N) is 3. The van der Waals surface area contributed by atoms with Crippen LogP contribution in [0.25, 0.3) is 0 Å². The minimum absolute atomic E-state index is 0.554. The van der Waals surface area contributed by atoms with Crippen molar-refractivity contribution in [2.45, 2.75) is 59.0 Å². The molecule has 0 spiro atoms. The lowest BCUT2D eigenvalue weighted by molar-refractivity contribution is 0.164. The molecule has 0 N–H and O–H groups in total. The van der Waals surface area contributed by atoms with Crippen molar-refractivity contribution in [2.75, 3.05) is 6.54 Å². The van der Waals surface area contributed by atoms with Crippen molar-refractivity contribution in [1.29, 1.82) is 0 Å². The molecule has 19 heavy (non-hydrogen) atoms. The molecule has 1 aromatic rings. The third-order valence-corrected chi connectivity index (χ3v) is 3.85. The number of hydrogen-bond donors (Lipinski definition) is 0. The Morgan fingerprint density at radius 3 is 2.58 bits per heavy atom. The second-order valence-electron chi connectivity index (χ2n) is 6.01. The number of hydrogen-bond acceptors (Lipinski definition) is 3. The lowest BCUT2D eigenvalue weighted by Crippen LogP contribution is -2.36. The summed E-state index contributed by atoms with van der Waals surface area (Å²) < 4.78 is 0. The fourth-order valence-electron chi connectivity index (χ4n) is 2.92. The Bertz CT molecular complexity index is 394. The maximum absolute atomic E-state index is 6.03. The van der Waals surface area contributed by atoms with Crippen molar-refractivity contribution in [2.24, 2.45) is 5.92 Å². The van der Waals surface area contributed by atoms with E-state index in [0.717, 1.165) is 24.6 Å². The predicted octanol–water partition coefficient (Wildman–Crippen LogP) is 3.84. The average molecular weight is 282 g/mol. The van der Waals surface area contributed by atoms with Crippen LogP contribution in [0.4, 0.5) is 0 Å². The first kappa shape index (κ1) is 14.7. The van der Waals surface area contributed by atoms with Crippen LogP contribution in [0.15, 0.2) is 6.07 Å². The van der Waals surface area contributed by atoms with Crippen molar-refractivity contribution in [3.05, 3.63) is 22.7 Å². The normalized spacial score (nSPS) is 16.7. The Morgan fingerprint density at radius 1 is 1.32 bits per heavy atom. The fourth-order valence-corrected chi connectivity index (χ4v) is 3.18. The van der Waals surface area contributed by atoms with Crippen LogP contribution in [0.2, 0.25) is 5.15 Å². The molecule has 4 heteroatoms. The van der Waals surface area contributed by atoms with E-state index in [-0.39, 0.29) is 0 Å². The van der Waals surface area contributed by atoms with E-state index in [1.54, 1.807) is 0 Å². The molecule has 0 amide bonds. The van der Waals surface area contributed by atoms with E-state index in [4.69, 9.17) is 11.6 Å². The second kappa shape index (κ2) is 6.67. The first-order chi connectivity index (χ1) is 9.04. The van der Waals surface area contributed by atoms with Crippen LogP contribution >= 0.6 is 11.6 Å². The summed E-state index contributed by atoms with van der Waals surface area (Å²) >= 11 is 6.03. The molecule has 1 aromatic heterocycles. The maximum Gasteiger partial charge on any atom is 0.144 e. The maximum atomic E-state index is 6.03. The van der Waals surface area contributed by atoms with Crippen molar-refractivity contribution < 1.29 is 0 Å². The van der Waals surface area contributed by atoms with Gasteiger partial charge in [-0.05, 0) is 31.7 Å². The molecule has 0 atom stereocenters. The van der Waals surface area contributed by atoms with Gasteiger partial charge in [-0.1, -0.05) is 38.3 Å². The molecule has 0 aromatic carbocycles. The van der Waals surface area contributed by atoms with E-state index in [0.29, 0.717) is 17.1 Å². The molecule has 0 aliphatic heterocycles. The Hall–Kier alpha value is -0.670. The van der Waals surface area contributed by atoms with Crippen molar-refractivity contribution in [3.63, 3.8) is 0 Å². The predicted molar refractivity (Wildman–Crippen MR) is 79.3 cm³/mol. The topological polar surface area (TPSA) is 29.0 Å². The van der Waals surface area contributed by atoms with Crippen molar-refractivity contribution in [3.8, 4) is 0 Å². The van der Waals surface area contributed by atoms with Gasteiger partial charge >= 0.3 is 0 Å². The molecule has 0 bridgehead atoms. The minimum Gasteiger partial charge on any atom is -0.293 e. The van der Waals surface area contributed by atoms with E-state index in [9.17, 15) is 0 Å². The summed E-state index contributed by atoms with van der Waals surface area (Å²) in [5, 5.41) is 0.554. The Kier molecular flexibility index (Phi) is 5.17. The van der Waals surface area contributed by atoms with Gasteiger partial charge in [0.25, 0.3) is 0 Å². The molecule has 3 nitrogen and oxygen atoms in total. The molecule has 0 saturated heterocycles. The minimum atomic E-state index is 0.554. The van der Waals surface area contributed by atoms with Gasteiger partial charge in [-0.25, -0.2) is 9.97 Å². The van der Waals surface area contributed by atoms with E-state index < -0.39 is 0 Å². The standard InChI is InChI=1S/C15H24ClN3/c1-11(2)9-19(13-6-4-5-7-13)10-15-17-12(3)8-14(16)18-15/h8,11,13H,4-7,9-10H2,1-3H3. The van der Waals surface area contributed by atoms with Gasteiger partial charge in [-0.3, -0.25) is 4.90 Å². The summed E-state index contributed by atoms with van der Waals surface area (Å²) in [5.74, 6) is 1.53. The molecule has 106 valence electrons. The number of aromatic nitrogens is 2. The van der Waals surface area contributed by atoms with Crippen LogP contribution in [-0.2, 0) is 6.54 Å². The van der Waals surface area contributed by atoms with Crippen molar-refractivity contribution >= 4 is 11.6 Å². The molecule has 1 heterocycles. The van der Waals surface area contributed by atoms with E-state index in [1.807, 2.05) is 13.0 Å². The first-order valence-electron chi connectivity index (χ1n) is 7.28. The van der Waals surface area contributed by atoms with Crippen LogP contribution in [0.1, 0.15) is 51.0 Å². The second-order valence-corrected chi connectivity index (χ2v) is 6.40. The molecule has 2 rings (SSSR count). The molecule has 1 saturated carbocycles. The molecular weight excluding hydrogens is 258 g/mol. The van der Waals surface area contributed by atoms with E-state index in [1.165, 1.54) is 25.7 Å². The Balaban J connectivity index is 2.09. The number of aryl methyl sites for hydroxylation is 1. The third kappa shape index (κ3) is 4.43. The van der Waals surface area contributed by atoms with Gasteiger partial charge in [0.05, 0.1) is 6.54 Å². The Labute approximate surface area is 121 Å². The van der Waals surface area contributed by atoms with Gasteiger partial charge in [0, 0.05) is 18.3 Å². The molecular formula is C15H24ClN3. The largest absolute Gasteiger partial charge is 0.293 e. The Morgan fingerprint density at radius 2 is 2.00 bits per heavy atom. The number of rotatable bonds is 5. The monoisotopic (exact) mass is 281 g/mol. The molecule has 0 radical (unpaired) electrons. The zero-order valence-electron chi connectivity index (χ0n) is 12.2. The van der Waals surface area contributed by atoms with Crippen LogP contribution in [-0.4, -0.2) is 27.5 Å². The summed E-state index contributed by atoms with van der Waals surface area (Å²) in [6, 6.07) is 2.51. The van der Waals surface area contributed by atoms with Crippen molar-refractivity contribution in [1.82, 2.24) is 14.9 Å². The quantitative estimate of drug-likeness (QED) is 0.768. The zero-order valence-corrected chi connectivity index (χ0v) is 13.0. The summed E-state index contributed by atoms with van der Waals surface area (Å²) in [4.78, 5) is 11.4. The van der Waals surface area contributed by atoms with Crippen LogP contribution in [0.3, 0.4) is 0 Å². The first-order valence-corrected chi connectivity index (χ1v) is 7.66. The molecule has 1 aliphatic carbocycles. The highest BCUT2D eigenvalue weighted by Gasteiger charge is 2.24. The van der Waals surface area contributed by atoms with Gasteiger partial charge in [-0.2, -0.15) is 0 Å². The summed E-state index contributed by atoms with van der Waals surface area (Å²) in [6.45, 7) is 8.45. The highest BCUT2D eigenvalue weighted by atomic mass is 35.5. The van der Waals surface area contributed by atoms with Crippen LogP contribution in [0, 0.1) is 12.8 Å². The van der Waals surface area contributed by atoms with Crippen LogP contribution < -0.4 is 0 Å². The van der Waals surface area contributed by atoms with Gasteiger partial charge in [0.1, 0.15) is 11.0 Å². The lowest BCUT2D eigenvalue weighted by Gasteiger charge is -2.29. The van der Waals surface area contributed by atoms with Gasteiger partial charge in [-0.15, -0.1) is 0 Å². The van der Waals surface area contributed by atoms with E-state index >= 15 is 0 Å². The lowest BCUT2D eigenvalue weighted by atomic mass is 10.1. The third-order valence-electron chi connectivity index (χ3n) is 3.65. The summed E-state index contributed by atoms with van der Waals surface area (Å²) in [6.07, 6.45) is 5.34. The summed E-state index contributed by atoms with van der Waals surface area (Å²) in [7, 11) is 0. The van der Waals surface area contributed by atoms with Gasteiger partial charge in [0.15, 0.2) is 0 Å².